The van der Waals surface area contributed by atoms with E-state index in [1.54, 1.807) is 12.4 Å². The van der Waals surface area contributed by atoms with Crippen LogP contribution in [0.1, 0.15) is 52.4 Å². The molecular weight excluding hydrogens is 276 g/mol. The van der Waals surface area contributed by atoms with Gasteiger partial charge in [-0.05, 0) is 39.5 Å². The highest BCUT2D eigenvalue weighted by atomic mass is 16.5. The van der Waals surface area contributed by atoms with E-state index < -0.39 is 0 Å². The lowest BCUT2D eigenvalue weighted by Crippen LogP contribution is -2.43. The molecule has 122 valence electrons. The Morgan fingerprint density at radius 1 is 1.14 bits per heavy atom. The Bertz CT molecular complexity index is 465. The quantitative estimate of drug-likeness (QED) is 0.906. The molecule has 1 saturated carbocycles. The molecule has 0 spiro atoms. The first kappa shape index (κ1) is 15.5. The standard InChI is InChI=1S/C17H28N4O/c1-13(2)22-17-12-18-11-16(20-17)19-14-7-9-21(10-8-14)15-5-3-4-6-15/h11-15H,3-10H2,1-2H3,(H,19,20). The van der Waals surface area contributed by atoms with Crippen LogP contribution in [0.5, 0.6) is 5.88 Å². The van der Waals surface area contributed by atoms with Crippen LogP contribution in [-0.2, 0) is 0 Å². The lowest BCUT2D eigenvalue weighted by atomic mass is 10.0. The smallest absolute Gasteiger partial charge is 0.234 e. The van der Waals surface area contributed by atoms with Crippen LogP contribution in [0.4, 0.5) is 5.82 Å². The van der Waals surface area contributed by atoms with Crippen LogP contribution < -0.4 is 10.1 Å². The van der Waals surface area contributed by atoms with Gasteiger partial charge < -0.3 is 15.0 Å². The van der Waals surface area contributed by atoms with E-state index in [-0.39, 0.29) is 6.10 Å². The number of aromatic nitrogens is 2. The van der Waals surface area contributed by atoms with Gasteiger partial charge in [-0.3, -0.25) is 4.98 Å². The number of anilines is 1. The first-order valence-corrected chi connectivity index (χ1v) is 8.70. The molecule has 0 bridgehead atoms. The molecule has 5 nitrogen and oxygen atoms in total. The van der Waals surface area contributed by atoms with E-state index in [0.717, 1.165) is 11.9 Å². The summed E-state index contributed by atoms with van der Waals surface area (Å²) in [4.78, 5) is 11.4. The van der Waals surface area contributed by atoms with E-state index in [1.807, 2.05) is 13.8 Å². The summed E-state index contributed by atoms with van der Waals surface area (Å²) in [7, 11) is 0. The Morgan fingerprint density at radius 2 is 1.86 bits per heavy atom. The molecule has 1 N–H and O–H groups in total. The molecule has 0 amide bonds. The van der Waals surface area contributed by atoms with Gasteiger partial charge in [-0.15, -0.1) is 0 Å². The molecule has 1 saturated heterocycles. The number of ether oxygens (including phenoxy) is 1. The Hall–Kier alpha value is -1.36. The molecule has 0 aromatic carbocycles. The van der Waals surface area contributed by atoms with Crippen molar-refractivity contribution >= 4 is 5.82 Å². The minimum Gasteiger partial charge on any atom is -0.474 e. The average Bonchev–Trinajstić information content (AvgIpc) is 3.02. The Morgan fingerprint density at radius 3 is 2.55 bits per heavy atom. The van der Waals surface area contributed by atoms with Crippen molar-refractivity contribution in [3.63, 3.8) is 0 Å². The molecule has 0 atom stereocenters. The molecule has 1 aromatic heterocycles. The van der Waals surface area contributed by atoms with E-state index in [4.69, 9.17) is 4.74 Å². The molecule has 2 heterocycles. The van der Waals surface area contributed by atoms with Crippen molar-refractivity contribution in [3.05, 3.63) is 12.4 Å². The predicted octanol–water partition coefficient (Wildman–Crippen LogP) is 3.08. The van der Waals surface area contributed by atoms with Gasteiger partial charge in [0.2, 0.25) is 5.88 Å². The number of likely N-dealkylation sites (tertiary alicyclic amines) is 1. The highest BCUT2D eigenvalue weighted by molar-refractivity contribution is 5.34. The topological polar surface area (TPSA) is 50.3 Å². The molecule has 22 heavy (non-hydrogen) atoms. The Kier molecular flexibility index (Phi) is 5.13. The zero-order valence-electron chi connectivity index (χ0n) is 13.8. The summed E-state index contributed by atoms with van der Waals surface area (Å²) >= 11 is 0. The SMILES string of the molecule is CC(C)Oc1cncc(NC2CCN(C3CCCC3)CC2)n1. The van der Waals surface area contributed by atoms with Crippen LogP contribution in [0, 0.1) is 0 Å². The molecule has 1 aromatic rings. The zero-order valence-corrected chi connectivity index (χ0v) is 13.8. The predicted molar refractivity (Wildman–Crippen MR) is 88.3 cm³/mol. The fourth-order valence-corrected chi connectivity index (χ4v) is 3.60. The first-order valence-electron chi connectivity index (χ1n) is 8.70. The van der Waals surface area contributed by atoms with Crippen molar-refractivity contribution in [1.82, 2.24) is 14.9 Å². The molecule has 2 aliphatic rings. The number of hydrogen-bond acceptors (Lipinski definition) is 5. The van der Waals surface area contributed by atoms with Gasteiger partial charge in [-0.2, -0.15) is 4.98 Å². The molecule has 3 rings (SSSR count). The summed E-state index contributed by atoms with van der Waals surface area (Å²) in [5.74, 6) is 1.43. The number of rotatable bonds is 5. The lowest BCUT2D eigenvalue weighted by molar-refractivity contribution is 0.159. The van der Waals surface area contributed by atoms with Crippen LogP contribution in [0.15, 0.2) is 12.4 Å². The van der Waals surface area contributed by atoms with E-state index in [0.29, 0.717) is 11.9 Å². The maximum atomic E-state index is 5.61. The van der Waals surface area contributed by atoms with Crippen molar-refractivity contribution < 1.29 is 4.74 Å². The van der Waals surface area contributed by atoms with Crippen LogP contribution in [-0.4, -0.2) is 46.1 Å². The summed E-state index contributed by atoms with van der Waals surface area (Å²) in [6.45, 7) is 6.41. The highest BCUT2D eigenvalue weighted by Gasteiger charge is 2.27. The summed E-state index contributed by atoms with van der Waals surface area (Å²) < 4.78 is 5.61. The summed E-state index contributed by atoms with van der Waals surface area (Å²) in [6.07, 6.45) is 11.6. The molecule has 0 unspecified atom stereocenters. The van der Waals surface area contributed by atoms with Gasteiger partial charge in [0.25, 0.3) is 0 Å². The number of piperidine rings is 1. The summed E-state index contributed by atoms with van der Waals surface area (Å²) in [5.41, 5.74) is 0. The minimum atomic E-state index is 0.124. The Labute approximate surface area is 133 Å². The zero-order chi connectivity index (χ0) is 15.4. The molecular formula is C17H28N4O. The maximum absolute atomic E-state index is 5.61. The second-order valence-corrected chi connectivity index (χ2v) is 6.80. The van der Waals surface area contributed by atoms with Crippen molar-refractivity contribution in [2.24, 2.45) is 0 Å². The highest BCUT2D eigenvalue weighted by Crippen LogP contribution is 2.26. The van der Waals surface area contributed by atoms with Crippen LogP contribution in [0.25, 0.3) is 0 Å². The van der Waals surface area contributed by atoms with Crippen molar-refractivity contribution in [2.75, 3.05) is 18.4 Å². The third kappa shape index (κ3) is 4.09. The third-order valence-corrected chi connectivity index (χ3v) is 4.69. The molecule has 5 heteroatoms. The van der Waals surface area contributed by atoms with Crippen molar-refractivity contribution in [2.45, 2.75) is 70.6 Å². The van der Waals surface area contributed by atoms with Gasteiger partial charge in [0.15, 0.2) is 0 Å². The fraction of sp³-hybridized carbons (Fsp3) is 0.765. The second kappa shape index (κ2) is 7.27. The summed E-state index contributed by atoms with van der Waals surface area (Å²) in [6, 6.07) is 1.35. The maximum Gasteiger partial charge on any atom is 0.234 e. The van der Waals surface area contributed by atoms with E-state index >= 15 is 0 Å². The van der Waals surface area contributed by atoms with Gasteiger partial charge in [0, 0.05) is 25.2 Å². The van der Waals surface area contributed by atoms with Crippen molar-refractivity contribution in [3.8, 4) is 5.88 Å². The second-order valence-electron chi connectivity index (χ2n) is 6.80. The summed E-state index contributed by atoms with van der Waals surface area (Å²) in [5, 5.41) is 3.53. The Balaban J connectivity index is 1.50. The molecule has 2 fully saturated rings. The van der Waals surface area contributed by atoms with Crippen LogP contribution in [0.2, 0.25) is 0 Å². The first-order chi connectivity index (χ1) is 10.7. The average molecular weight is 304 g/mol. The fourth-order valence-electron chi connectivity index (χ4n) is 3.60. The van der Waals surface area contributed by atoms with Gasteiger partial charge in [-0.1, -0.05) is 12.8 Å². The van der Waals surface area contributed by atoms with Gasteiger partial charge in [-0.25, -0.2) is 0 Å². The van der Waals surface area contributed by atoms with E-state index in [2.05, 4.69) is 20.2 Å². The largest absolute Gasteiger partial charge is 0.474 e. The molecule has 1 aliphatic carbocycles. The molecule has 1 aliphatic heterocycles. The monoisotopic (exact) mass is 304 g/mol. The van der Waals surface area contributed by atoms with Gasteiger partial charge >= 0.3 is 0 Å². The van der Waals surface area contributed by atoms with E-state index in [1.165, 1.54) is 51.6 Å². The lowest BCUT2D eigenvalue weighted by Gasteiger charge is -2.36. The van der Waals surface area contributed by atoms with Crippen molar-refractivity contribution in [1.29, 1.82) is 0 Å². The minimum absolute atomic E-state index is 0.124. The van der Waals surface area contributed by atoms with Crippen LogP contribution >= 0.6 is 0 Å². The van der Waals surface area contributed by atoms with E-state index in [9.17, 15) is 0 Å². The third-order valence-electron chi connectivity index (χ3n) is 4.69. The number of nitrogens with zero attached hydrogens (tertiary/aromatic N) is 3. The molecule has 0 radical (unpaired) electrons. The normalized spacial score (nSPS) is 21.4. The number of nitrogens with one attached hydrogen (secondary N) is 1. The van der Waals surface area contributed by atoms with Gasteiger partial charge in [0.1, 0.15) is 5.82 Å². The van der Waals surface area contributed by atoms with Crippen LogP contribution in [0.3, 0.4) is 0 Å². The van der Waals surface area contributed by atoms with Gasteiger partial charge in [0.05, 0.1) is 18.5 Å². The number of hydrogen-bond donors (Lipinski definition) is 1.